The fourth-order valence-corrected chi connectivity index (χ4v) is 4.98. The van der Waals surface area contributed by atoms with Crippen molar-refractivity contribution in [3.05, 3.63) is 63.7 Å². The average molecular weight is 446 g/mol. The molecule has 1 amide bonds. The number of hydrogen-bond donors (Lipinski definition) is 2. The fraction of sp³-hybridized carbons (Fsp3) is 0.409. The SMILES string of the molecule is Cc1ccc([N+](=O)[O-])cc1NC(=O)CCc1ccc(S(=O)(=O)NC2CCCCC2)cc1. The summed E-state index contributed by atoms with van der Waals surface area (Å²) in [6.07, 6.45) is 5.59. The minimum atomic E-state index is -3.55. The van der Waals surface area contributed by atoms with Crippen molar-refractivity contribution >= 4 is 27.3 Å². The zero-order valence-corrected chi connectivity index (χ0v) is 18.3. The molecule has 0 spiro atoms. The van der Waals surface area contributed by atoms with Gasteiger partial charge in [0.15, 0.2) is 0 Å². The van der Waals surface area contributed by atoms with Crippen LogP contribution in [0.3, 0.4) is 0 Å². The molecule has 1 fully saturated rings. The Bertz CT molecular complexity index is 1050. The van der Waals surface area contributed by atoms with E-state index in [1.165, 1.54) is 12.1 Å². The van der Waals surface area contributed by atoms with Gasteiger partial charge in [0.1, 0.15) is 0 Å². The molecule has 0 unspecified atom stereocenters. The summed E-state index contributed by atoms with van der Waals surface area (Å²) in [5, 5.41) is 13.6. The number of nitro benzene ring substituents is 1. The number of benzene rings is 2. The number of nitro groups is 1. The van der Waals surface area contributed by atoms with E-state index in [4.69, 9.17) is 0 Å². The number of hydrogen-bond acceptors (Lipinski definition) is 5. The number of amides is 1. The van der Waals surface area contributed by atoms with Gasteiger partial charge in [0, 0.05) is 24.6 Å². The number of aryl methyl sites for hydroxylation is 2. The van der Waals surface area contributed by atoms with Gasteiger partial charge in [-0.3, -0.25) is 14.9 Å². The summed E-state index contributed by atoms with van der Waals surface area (Å²) in [7, 11) is -3.55. The van der Waals surface area contributed by atoms with Crippen molar-refractivity contribution < 1.29 is 18.1 Å². The first kappa shape index (κ1) is 22.9. The summed E-state index contributed by atoms with van der Waals surface area (Å²) in [5.74, 6) is -0.265. The third-order valence-electron chi connectivity index (χ3n) is 5.51. The van der Waals surface area contributed by atoms with Crippen LogP contribution in [0.15, 0.2) is 47.4 Å². The van der Waals surface area contributed by atoms with Crippen molar-refractivity contribution in [1.82, 2.24) is 4.72 Å². The quantitative estimate of drug-likeness (QED) is 0.469. The number of rotatable bonds is 8. The molecule has 31 heavy (non-hydrogen) atoms. The van der Waals surface area contributed by atoms with Crippen molar-refractivity contribution in [3.63, 3.8) is 0 Å². The third-order valence-corrected chi connectivity index (χ3v) is 7.04. The van der Waals surface area contributed by atoms with E-state index in [-0.39, 0.29) is 29.0 Å². The van der Waals surface area contributed by atoms with Gasteiger partial charge in [0.05, 0.1) is 15.5 Å². The van der Waals surface area contributed by atoms with Gasteiger partial charge in [-0.15, -0.1) is 0 Å². The Balaban J connectivity index is 1.56. The lowest BCUT2D eigenvalue weighted by Crippen LogP contribution is -2.36. The maximum atomic E-state index is 12.6. The second-order valence-electron chi connectivity index (χ2n) is 7.90. The van der Waals surface area contributed by atoms with Crippen LogP contribution in [0.2, 0.25) is 0 Å². The smallest absolute Gasteiger partial charge is 0.271 e. The first-order valence-corrected chi connectivity index (χ1v) is 11.9. The molecule has 3 rings (SSSR count). The first-order chi connectivity index (χ1) is 14.7. The number of carbonyl (C=O) groups is 1. The molecule has 0 aliphatic heterocycles. The number of nitrogens with zero attached hydrogens (tertiary/aromatic N) is 1. The lowest BCUT2D eigenvalue weighted by atomic mass is 9.96. The van der Waals surface area contributed by atoms with Gasteiger partial charge < -0.3 is 5.32 Å². The highest BCUT2D eigenvalue weighted by molar-refractivity contribution is 7.89. The highest BCUT2D eigenvalue weighted by atomic mass is 32.2. The third kappa shape index (κ3) is 6.35. The lowest BCUT2D eigenvalue weighted by molar-refractivity contribution is -0.384. The summed E-state index contributed by atoms with van der Waals surface area (Å²) >= 11 is 0. The molecule has 0 bridgehead atoms. The Labute approximate surface area is 182 Å². The molecule has 0 aromatic heterocycles. The van der Waals surface area contributed by atoms with Gasteiger partial charge in [0.25, 0.3) is 5.69 Å². The molecular weight excluding hydrogens is 418 g/mol. The Morgan fingerprint density at radius 3 is 2.42 bits per heavy atom. The van der Waals surface area contributed by atoms with Gasteiger partial charge in [0.2, 0.25) is 15.9 Å². The van der Waals surface area contributed by atoms with Crippen LogP contribution in [0.25, 0.3) is 0 Å². The Hall–Kier alpha value is -2.78. The molecule has 1 aliphatic rings. The van der Waals surface area contributed by atoms with E-state index in [9.17, 15) is 23.3 Å². The molecule has 1 saturated carbocycles. The van der Waals surface area contributed by atoms with Crippen LogP contribution >= 0.6 is 0 Å². The van der Waals surface area contributed by atoms with Crippen molar-refractivity contribution in [2.75, 3.05) is 5.32 Å². The summed E-state index contributed by atoms with van der Waals surface area (Å²) < 4.78 is 27.9. The zero-order chi connectivity index (χ0) is 22.4. The van der Waals surface area contributed by atoms with Crippen LogP contribution in [0.4, 0.5) is 11.4 Å². The van der Waals surface area contributed by atoms with Crippen molar-refractivity contribution in [3.8, 4) is 0 Å². The molecule has 0 saturated heterocycles. The fourth-order valence-electron chi connectivity index (χ4n) is 3.67. The predicted molar refractivity (Wildman–Crippen MR) is 118 cm³/mol. The molecule has 2 aromatic rings. The largest absolute Gasteiger partial charge is 0.326 e. The maximum absolute atomic E-state index is 12.6. The Morgan fingerprint density at radius 2 is 1.77 bits per heavy atom. The molecule has 9 heteroatoms. The van der Waals surface area contributed by atoms with Gasteiger partial charge >= 0.3 is 0 Å². The van der Waals surface area contributed by atoms with Crippen LogP contribution in [0.5, 0.6) is 0 Å². The molecular formula is C22H27N3O5S. The molecule has 0 atom stereocenters. The van der Waals surface area contributed by atoms with E-state index in [1.807, 2.05) is 0 Å². The number of nitrogens with one attached hydrogen (secondary N) is 2. The lowest BCUT2D eigenvalue weighted by Gasteiger charge is -2.22. The summed E-state index contributed by atoms with van der Waals surface area (Å²) in [4.78, 5) is 22.9. The molecule has 166 valence electrons. The van der Waals surface area contributed by atoms with Crippen LogP contribution in [0.1, 0.15) is 49.7 Å². The Kier molecular flexibility index (Phi) is 7.40. The molecule has 0 radical (unpaired) electrons. The predicted octanol–water partition coefficient (Wildman–Crippen LogP) is 4.09. The van der Waals surface area contributed by atoms with Crippen LogP contribution in [0, 0.1) is 17.0 Å². The Morgan fingerprint density at radius 1 is 1.10 bits per heavy atom. The number of non-ortho nitro benzene ring substituents is 1. The van der Waals surface area contributed by atoms with Gasteiger partial charge in [-0.1, -0.05) is 37.5 Å². The van der Waals surface area contributed by atoms with Gasteiger partial charge in [-0.2, -0.15) is 0 Å². The minimum absolute atomic E-state index is 0.000565. The summed E-state index contributed by atoms with van der Waals surface area (Å²) in [6, 6.07) is 10.9. The van der Waals surface area contributed by atoms with E-state index in [0.29, 0.717) is 12.1 Å². The highest BCUT2D eigenvalue weighted by Gasteiger charge is 2.21. The van der Waals surface area contributed by atoms with Crippen LogP contribution < -0.4 is 10.0 Å². The molecule has 2 N–H and O–H groups in total. The summed E-state index contributed by atoms with van der Waals surface area (Å²) in [6.45, 7) is 1.76. The number of carbonyl (C=O) groups excluding carboxylic acids is 1. The number of sulfonamides is 1. The number of anilines is 1. The average Bonchev–Trinajstić information content (AvgIpc) is 2.74. The van der Waals surface area contributed by atoms with Crippen molar-refractivity contribution in [2.24, 2.45) is 0 Å². The molecule has 8 nitrogen and oxygen atoms in total. The van der Waals surface area contributed by atoms with Crippen LogP contribution in [-0.2, 0) is 21.2 Å². The topological polar surface area (TPSA) is 118 Å². The monoisotopic (exact) mass is 445 g/mol. The standard InChI is InChI=1S/C22H27N3O5S/c1-16-7-11-19(25(27)28)15-21(16)23-22(26)14-10-17-8-12-20(13-9-17)31(29,30)24-18-5-3-2-4-6-18/h7-9,11-13,15,18,24H,2-6,10,14H2,1H3,(H,23,26). The molecule has 0 heterocycles. The van der Waals surface area contributed by atoms with E-state index in [0.717, 1.165) is 43.2 Å². The molecule has 2 aromatic carbocycles. The minimum Gasteiger partial charge on any atom is -0.326 e. The van der Waals surface area contributed by atoms with Crippen molar-refractivity contribution in [2.45, 2.75) is 62.8 Å². The van der Waals surface area contributed by atoms with E-state index in [1.54, 1.807) is 37.3 Å². The zero-order valence-electron chi connectivity index (χ0n) is 17.5. The maximum Gasteiger partial charge on any atom is 0.271 e. The first-order valence-electron chi connectivity index (χ1n) is 10.4. The highest BCUT2D eigenvalue weighted by Crippen LogP contribution is 2.23. The second kappa shape index (κ2) is 10.0. The van der Waals surface area contributed by atoms with Crippen LogP contribution in [-0.4, -0.2) is 25.3 Å². The molecule has 1 aliphatic carbocycles. The van der Waals surface area contributed by atoms with E-state index in [2.05, 4.69) is 10.0 Å². The van der Waals surface area contributed by atoms with Gasteiger partial charge in [-0.25, -0.2) is 13.1 Å². The summed E-state index contributed by atoms with van der Waals surface area (Å²) in [5.41, 5.74) is 1.90. The second-order valence-corrected chi connectivity index (χ2v) is 9.62. The van der Waals surface area contributed by atoms with Crippen molar-refractivity contribution in [1.29, 1.82) is 0 Å². The van der Waals surface area contributed by atoms with E-state index < -0.39 is 14.9 Å². The normalized spacial score (nSPS) is 14.9. The van der Waals surface area contributed by atoms with E-state index >= 15 is 0 Å². The van der Waals surface area contributed by atoms with Gasteiger partial charge in [-0.05, 0) is 49.4 Å².